The van der Waals surface area contributed by atoms with Crippen molar-refractivity contribution in [2.45, 2.75) is 55.3 Å². The minimum absolute atomic E-state index is 0.0734. The second-order valence-electron chi connectivity index (χ2n) is 4.77. The van der Waals surface area contributed by atoms with Crippen LogP contribution in [0.1, 0.15) is 39.0 Å². The van der Waals surface area contributed by atoms with Gasteiger partial charge in [0, 0.05) is 4.90 Å². The summed E-state index contributed by atoms with van der Waals surface area (Å²) in [7, 11) is 0. The molecule has 1 fully saturated rings. The number of hydrogen-bond acceptors (Lipinski definition) is 3. The first-order valence-electron chi connectivity index (χ1n) is 6.68. The quantitative estimate of drug-likeness (QED) is 0.606. The van der Waals surface area contributed by atoms with E-state index >= 15 is 0 Å². The molecule has 1 aromatic carbocycles. The van der Waals surface area contributed by atoms with E-state index in [2.05, 4.69) is 0 Å². The number of carbonyl (C=O) groups excluding carboxylic acids is 1. The highest BCUT2D eigenvalue weighted by atomic mass is 32.2. The maximum absolute atomic E-state index is 12.0. The lowest BCUT2D eigenvalue weighted by Crippen LogP contribution is -2.25. The van der Waals surface area contributed by atoms with E-state index in [1.54, 1.807) is 11.8 Å². The highest BCUT2D eigenvalue weighted by molar-refractivity contribution is 8.00. The highest BCUT2D eigenvalue weighted by Crippen LogP contribution is 2.26. The number of hydrogen-bond donors (Lipinski definition) is 0. The van der Waals surface area contributed by atoms with Gasteiger partial charge in [0.2, 0.25) is 0 Å². The van der Waals surface area contributed by atoms with Crippen molar-refractivity contribution in [3.05, 3.63) is 30.3 Å². The molecule has 2 rings (SSSR count). The van der Waals surface area contributed by atoms with Crippen molar-refractivity contribution in [2.24, 2.45) is 0 Å². The van der Waals surface area contributed by atoms with Crippen molar-refractivity contribution in [1.29, 1.82) is 0 Å². The van der Waals surface area contributed by atoms with E-state index in [0.717, 1.165) is 17.7 Å². The van der Waals surface area contributed by atoms with Gasteiger partial charge in [0.05, 0.1) is 0 Å². The molecule has 0 bridgehead atoms. The Hall–Kier alpha value is -0.960. The predicted octanol–water partition coefficient (Wildman–Crippen LogP) is 4.04. The van der Waals surface area contributed by atoms with Crippen LogP contribution in [0, 0.1) is 0 Å². The molecule has 0 aliphatic heterocycles. The second kappa shape index (κ2) is 6.83. The fourth-order valence-corrected chi connectivity index (χ4v) is 3.07. The molecule has 0 spiro atoms. The standard InChI is InChI=1S/C15H20O2S/c1-12(18-14-10-6-3-7-11-14)15(16)17-13-8-4-2-5-9-13/h3,6-7,10-13H,2,4-5,8-9H2,1H3. The molecule has 2 nitrogen and oxygen atoms in total. The van der Waals surface area contributed by atoms with Gasteiger partial charge in [-0.05, 0) is 44.7 Å². The van der Waals surface area contributed by atoms with Crippen molar-refractivity contribution in [1.82, 2.24) is 0 Å². The molecule has 1 atom stereocenters. The summed E-state index contributed by atoms with van der Waals surface area (Å²) in [5.41, 5.74) is 0. The van der Waals surface area contributed by atoms with Crippen molar-refractivity contribution in [2.75, 3.05) is 0 Å². The van der Waals surface area contributed by atoms with Gasteiger partial charge in [0.15, 0.2) is 0 Å². The monoisotopic (exact) mass is 264 g/mol. The Bertz CT molecular complexity index is 371. The summed E-state index contributed by atoms with van der Waals surface area (Å²) in [6, 6.07) is 10.0. The molecule has 98 valence electrons. The molecule has 0 radical (unpaired) electrons. The molecule has 1 unspecified atom stereocenters. The lowest BCUT2D eigenvalue weighted by molar-refractivity contribution is -0.149. The molecule has 1 aromatic rings. The summed E-state index contributed by atoms with van der Waals surface area (Å²) in [5, 5.41) is -0.130. The first kappa shape index (κ1) is 13.5. The normalized spacial score (nSPS) is 18.3. The van der Waals surface area contributed by atoms with Gasteiger partial charge in [-0.3, -0.25) is 4.79 Å². The molecular formula is C15H20O2S. The highest BCUT2D eigenvalue weighted by Gasteiger charge is 2.22. The fourth-order valence-electron chi connectivity index (χ4n) is 2.19. The summed E-state index contributed by atoms with van der Waals surface area (Å²) in [5.74, 6) is -0.0734. The Kier molecular flexibility index (Phi) is 5.12. The van der Waals surface area contributed by atoms with Crippen molar-refractivity contribution in [3.63, 3.8) is 0 Å². The number of esters is 1. The first-order chi connectivity index (χ1) is 8.75. The second-order valence-corrected chi connectivity index (χ2v) is 6.18. The molecule has 3 heteroatoms. The van der Waals surface area contributed by atoms with Gasteiger partial charge in [-0.25, -0.2) is 0 Å². The molecule has 0 heterocycles. The van der Waals surface area contributed by atoms with Gasteiger partial charge in [-0.15, -0.1) is 11.8 Å². The van der Waals surface area contributed by atoms with Gasteiger partial charge in [0.25, 0.3) is 0 Å². The topological polar surface area (TPSA) is 26.3 Å². The molecule has 0 aromatic heterocycles. The average Bonchev–Trinajstić information content (AvgIpc) is 2.41. The predicted molar refractivity (Wildman–Crippen MR) is 74.7 cm³/mol. The van der Waals surface area contributed by atoms with Crippen LogP contribution in [0.4, 0.5) is 0 Å². The Morgan fingerprint density at radius 2 is 1.89 bits per heavy atom. The van der Waals surface area contributed by atoms with Crippen molar-refractivity contribution in [3.8, 4) is 0 Å². The van der Waals surface area contributed by atoms with E-state index in [4.69, 9.17) is 4.74 Å². The Morgan fingerprint density at radius 3 is 2.56 bits per heavy atom. The minimum Gasteiger partial charge on any atom is -0.462 e. The Morgan fingerprint density at radius 1 is 1.22 bits per heavy atom. The molecule has 1 aliphatic rings. The molecule has 18 heavy (non-hydrogen) atoms. The lowest BCUT2D eigenvalue weighted by atomic mass is 9.98. The summed E-state index contributed by atoms with van der Waals surface area (Å²) in [6.45, 7) is 1.92. The summed E-state index contributed by atoms with van der Waals surface area (Å²) in [6.07, 6.45) is 5.90. The van der Waals surface area contributed by atoms with Crippen LogP contribution >= 0.6 is 11.8 Å². The average molecular weight is 264 g/mol. The summed E-state index contributed by atoms with van der Waals surface area (Å²) in [4.78, 5) is 13.1. The number of thioether (sulfide) groups is 1. The Balaban J connectivity index is 1.81. The van der Waals surface area contributed by atoms with Crippen LogP contribution in [0.5, 0.6) is 0 Å². The van der Waals surface area contributed by atoms with E-state index in [0.29, 0.717) is 0 Å². The maximum Gasteiger partial charge on any atom is 0.319 e. The number of carbonyl (C=O) groups is 1. The lowest BCUT2D eigenvalue weighted by Gasteiger charge is -2.23. The number of benzene rings is 1. The maximum atomic E-state index is 12.0. The van der Waals surface area contributed by atoms with Gasteiger partial charge in [-0.2, -0.15) is 0 Å². The number of rotatable bonds is 4. The molecule has 0 saturated heterocycles. The molecular weight excluding hydrogens is 244 g/mol. The zero-order chi connectivity index (χ0) is 12.8. The molecule has 1 aliphatic carbocycles. The van der Waals surface area contributed by atoms with E-state index in [1.807, 2.05) is 37.3 Å². The summed E-state index contributed by atoms with van der Waals surface area (Å²) >= 11 is 1.57. The third kappa shape index (κ3) is 4.05. The van der Waals surface area contributed by atoms with Crippen LogP contribution in [0.15, 0.2) is 35.2 Å². The van der Waals surface area contributed by atoms with Gasteiger partial charge in [0.1, 0.15) is 11.4 Å². The molecule has 0 N–H and O–H groups in total. The molecule has 1 saturated carbocycles. The van der Waals surface area contributed by atoms with Crippen molar-refractivity contribution < 1.29 is 9.53 Å². The van der Waals surface area contributed by atoms with Gasteiger partial charge in [-0.1, -0.05) is 24.6 Å². The minimum atomic E-state index is -0.130. The van der Waals surface area contributed by atoms with Gasteiger partial charge < -0.3 is 4.74 Å². The molecule has 0 amide bonds. The smallest absolute Gasteiger partial charge is 0.319 e. The van der Waals surface area contributed by atoms with E-state index in [1.165, 1.54) is 19.3 Å². The third-order valence-electron chi connectivity index (χ3n) is 3.22. The zero-order valence-corrected chi connectivity index (χ0v) is 11.6. The van der Waals surface area contributed by atoms with Crippen molar-refractivity contribution >= 4 is 17.7 Å². The zero-order valence-electron chi connectivity index (χ0n) is 10.8. The van der Waals surface area contributed by atoms with Crippen LogP contribution < -0.4 is 0 Å². The van der Waals surface area contributed by atoms with E-state index in [9.17, 15) is 4.79 Å². The first-order valence-corrected chi connectivity index (χ1v) is 7.56. The van der Waals surface area contributed by atoms with Crippen LogP contribution in [0.25, 0.3) is 0 Å². The van der Waals surface area contributed by atoms with E-state index in [-0.39, 0.29) is 17.3 Å². The van der Waals surface area contributed by atoms with Gasteiger partial charge >= 0.3 is 5.97 Å². The van der Waals surface area contributed by atoms with Crippen LogP contribution in [0.3, 0.4) is 0 Å². The SMILES string of the molecule is CC(Sc1ccccc1)C(=O)OC1CCCCC1. The number of ether oxygens (including phenoxy) is 1. The summed E-state index contributed by atoms with van der Waals surface area (Å²) < 4.78 is 5.57. The fraction of sp³-hybridized carbons (Fsp3) is 0.533. The largest absolute Gasteiger partial charge is 0.462 e. The van der Waals surface area contributed by atoms with Crippen LogP contribution in [-0.2, 0) is 9.53 Å². The van der Waals surface area contributed by atoms with Crippen LogP contribution in [-0.4, -0.2) is 17.3 Å². The van der Waals surface area contributed by atoms with E-state index < -0.39 is 0 Å². The third-order valence-corrected chi connectivity index (χ3v) is 4.31. The Labute approximate surface area is 113 Å². The van der Waals surface area contributed by atoms with Crippen LogP contribution in [0.2, 0.25) is 0 Å².